The molecule has 0 saturated carbocycles. The van der Waals surface area contributed by atoms with Gasteiger partial charge in [0.2, 0.25) is 0 Å². The Morgan fingerprint density at radius 3 is 0.595 bits per heavy atom. The molecule has 2 aliphatic heterocycles. The van der Waals surface area contributed by atoms with Gasteiger partial charge in [-0.05, 0) is 323 Å². The zero-order valence-electron chi connectivity index (χ0n) is 80.5. The fraction of sp³-hybridized carbons (Fsp3) is 0.305. The van der Waals surface area contributed by atoms with Crippen molar-refractivity contribution < 1.29 is 0 Å². The molecule has 0 amide bonds. The van der Waals surface area contributed by atoms with Crippen molar-refractivity contribution >= 4 is 44.6 Å². The fourth-order valence-electron chi connectivity index (χ4n) is 20.4. The number of aryl methyl sites for hydroxylation is 12. The standard InChI is InChI=1S/C118H130N8/c1-63-45-67(5)100(68(6)46-63)108-93-39-40-94(123-93)109(101-69(7)47-64(2)48-70(101)8)96-43-44-98(125-96)111(103-73(11)51-66(4)52-74(103)12)112-84(62-99(126-112)110(97-42-41-95(108)124-97)102-71(9)49-65(3)50-72(102)10)107-91-37-35-89(121-91)105(76-55-80(115(19,20)21)60-81(56-76)116(22,23)24)87-33-31-85(119-87)104(75-53-78(113(13,14)15)59-79(54-75)114(16,17)18)86-32-34-88(120-86)106(90-36-38-92(107)122-90)77-57-82(117(25,26)27)61-83(58-77)118(28,29)30/h31-62,119-126H,1-30H3. The minimum absolute atomic E-state index is 0.151. The van der Waals surface area contributed by atoms with Gasteiger partial charge in [0.25, 0.3) is 0 Å². The zero-order chi connectivity index (χ0) is 90.2. The summed E-state index contributed by atoms with van der Waals surface area (Å²) in [5.74, 6) is 0. The summed E-state index contributed by atoms with van der Waals surface area (Å²) in [5.41, 5.74) is 46.5. The first kappa shape index (κ1) is 85.9. The van der Waals surface area contributed by atoms with Crippen LogP contribution in [0.4, 0.5) is 0 Å². The first-order valence-corrected chi connectivity index (χ1v) is 45.5. The highest BCUT2D eigenvalue weighted by Crippen LogP contribution is 2.43. The SMILES string of the molecule is Cc1cc(C)c(C2=c3ccc([nH]3)=C(c3c(C)cc(C)cc3C)c3cc(C4=c5ccc([nH]5)=C(c5cc(C(C)(C)C)cc(C(C)(C)C)c5)c5ccc([nH]5)C(c5cc(C(C)(C)C)cc(C(C)(C)C)c5)=c5ccc([nH]5)=C(c5cc(C(C)(C)C)cc(C(C)(C)C)c5)c5ccc4[nH]5)c([nH]3)C(c3c(C)cc(C)cc3C)=c3ccc([nH]3)=C(c3c(C)cc(C)cc3C)c3ccc2[nH]3)c(C)c1. The van der Waals surface area contributed by atoms with Crippen LogP contribution in [-0.4, -0.2) is 39.9 Å². The summed E-state index contributed by atoms with van der Waals surface area (Å²) >= 11 is 0. The van der Waals surface area contributed by atoms with Gasteiger partial charge in [-0.25, -0.2) is 0 Å². The predicted octanol–water partition coefficient (Wildman–Crippen LogP) is 22.4. The van der Waals surface area contributed by atoms with Crippen molar-refractivity contribution in [2.75, 3.05) is 0 Å². The molecule has 7 aromatic carbocycles. The molecular weight excluding hydrogens is 1530 g/mol. The highest BCUT2D eigenvalue weighted by molar-refractivity contribution is 5.95. The normalized spacial score (nSPS) is 13.8. The molecule has 126 heavy (non-hydrogen) atoms. The van der Waals surface area contributed by atoms with Gasteiger partial charge in [-0.3, -0.25) is 0 Å². The molecule has 0 unspecified atom stereocenters. The third kappa shape index (κ3) is 15.8. The Morgan fingerprint density at radius 2 is 0.357 bits per heavy atom. The first-order valence-electron chi connectivity index (χ1n) is 45.5. The minimum Gasteiger partial charge on any atom is -0.354 e. The van der Waals surface area contributed by atoms with E-state index < -0.39 is 0 Å². The number of H-pyrrole nitrogens is 8. The van der Waals surface area contributed by atoms with Crippen LogP contribution in [0.5, 0.6) is 0 Å². The first-order chi connectivity index (χ1) is 59.1. The molecule has 10 heterocycles. The largest absolute Gasteiger partial charge is 0.354 e. The lowest BCUT2D eigenvalue weighted by molar-refractivity contribution is 0.567. The maximum absolute atomic E-state index is 4.54. The van der Waals surface area contributed by atoms with Gasteiger partial charge >= 0.3 is 0 Å². The summed E-state index contributed by atoms with van der Waals surface area (Å²) in [4.78, 5) is 34.8. The number of fused-ring (bicyclic) bond motifs is 16. The molecule has 0 atom stereocenters. The molecule has 8 nitrogen and oxygen atoms in total. The van der Waals surface area contributed by atoms with Crippen molar-refractivity contribution in [2.45, 2.75) is 240 Å². The summed E-state index contributed by atoms with van der Waals surface area (Å²) in [6, 6.07) is 76.2. The van der Waals surface area contributed by atoms with Crippen LogP contribution in [0.15, 0.2) is 194 Å². The van der Waals surface area contributed by atoms with Gasteiger partial charge in [-0.15, -0.1) is 0 Å². The van der Waals surface area contributed by atoms with E-state index in [0.29, 0.717) is 0 Å². The van der Waals surface area contributed by atoms with Crippen molar-refractivity contribution in [2.24, 2.45) is 0 Å². The summed E-state index contributed by atoms with van der Waals surface area (Å²) in [7, 11) is 0. The van der Waals surface area contributed by atoms with E-state index in [9.17, 15) is 0 Å². The average molecular weight is 1660 g/mol. The van der Waals surface area contributed by atoms with Crippen LogP contribution >= 0.6 is 0 Å². The number of rotatable bonds is 8. The zero-order valence-corrected chi connectivity index (χ0v) is 80.5. The van der Waals surface area contributed by atoms with E-state index in [4.69, 9.17) is 0 Å². The van der Waals surface area contributed by atoms with Crippen LogP contribution in [0.25, 0.3) is 44.6 Å². The molecule has 0 fully saturated rings. The van der Waals surface area contributed by atoms with E-state index in [0.717, 1.165) is 166 Å². The molecule has 0 saturated heterocycles. The predicted molar refractivity (Wildman–Crippen MR) is 530 cm³/mol. The topological polar surface area (TPSA) is 126 Å². The second-order valence-electron chi connectivity index (χ2n) is 43.5. The highest BCUT2D eigenvalue weighted by Gasteiger charge is 2.33. The minimum atomic E-state index is -0.187. The van der Waals surface area contributed by atoms with E-state index in [1.54, 1.807) is 0 Å². The molecule has 15 aromatic rings. The van der Waals surface area contributed by atoms with Crippen LogP contribution in [0.3, 0.4) is 0 Å². The van der Waals surface area contributed by atoms with Crippen LogP contribution in [-0.2, 0) is 32.5 Å². The van der Waals surface area contributed by atoms with Crippen molar-refractivity contribution in [3.63, 3.8) is 0 Å². The van der Waals surface area contributed by atoms with Crippen LogP contribution in [0.1, 0.15) is 315 Å². The van der Waals surface area contributed by atoms with Gasteiger partial charge in [-0.1, -0.05) is 250 Å². The molecule has 0 aliphatic carbocycles. The molecule has 8 aromatic heterocycles. The smallest absolute Gasteiger partial charge is 0.0567 e. The van der Waals surface area contributed by atoms with Crippen LogP contribution in [0, 0.1) is 83.1 Å². The van der Waals surface area contributed by atoms with Crippen molar-refractivity contribution in [3.8, 4) is 0 Å². The highest BCUT2D eigenvalue weighted by atomic mass is 14.8. The Labute approximate surface area is 746 Å². The Hall–Kier alpha value is -12.3. The maximum Gasteiger partial charge on any atom is 0.0567 e. The summed E-state index contributed by atoms with van der Waals surface area (Å²) in [6.45, 7) is 69.5. The number of aromatic amines is 8. The van der Waals surface area contributed by atoms with Gasteiger partial charge in [0.1, 0.15) is 0 Å². The maximum atomic E-state index is 4.54. The van der Waals surface area contributed by atoms with Crippen LogP contribution in [0.2, 0.25) is 0 Å². The summed E-state index contributed by atoms with van der Waals surface area (Å²) in [5, 5.41) is 7.88. The lowest BCUT2D eigenvalue weighted by Gasteiger charge is -2.27. The van der Waals surface area contributed by atoms with Crippen molar-refractivity contribution in [1.29, 1.82) is 0 Å². The van der Waals surface area contributed by atoms with Gasteiger partial charge in [-0.2, -0.15) is 0 Å². The third-order valence-corrected chi connectivity index (χ3v) is 26.7. The Balaban J connectivity index is 1.12. The molecular formula is C118H130N8. The van der Waals surface area contributed by atoms with Crippen LogP contribution < -0.4 is 42.8 Å². The third-order valence-electron chi connectivity index (χ3n) is 26.7. The van der Waals surface area contributed by atoms with Crippen molar-refractivity contribution in [3.05, 3.63) is 427 Å². The molecule has 0 spiro atoms. The number of nitrogens with one attached hydrogen (secondary N) is 8. The van der Waals surface area contributed by atoms with Gasteiger partial charge in [0.15, 0.2) is 0 Å². The Bertz CT molecular complexity index is 7370. The van der Waals surface area contributed by atoms with E-state index in [-0.39, 0.29) is 32.5 Å². The molecule has 2 aliphatic rings. The molecule has 0 radical (unpaired) electrons. The molecule has 8 N–H and O–H groups in total. The number of hydrogen-bond acceptors (Lipinski definition) is 0. The van der Waals surface area contributed by atoms with E-state index in [1.165, 1.54) is 111 Å². The Kier molecular flexibility index (Phi) is 21.0. The number of hydrogen-bond donors (Lipinski definition) is 8. The Morgan fingerprint density at radius 1 is 0.167 bits per heavy atom. The fourth-order valence-corrected chi connectivity index (χ4v) is 20.4. The summed E-state index contributed by atoms with van der Waals surface area (Å²) < 4.78 is 0. The van der Waals surface area contributed by atoms with Gasteiger partial charge < -0.3 is 39.9 Å². The molecule has 8 heteroatoms. The van der Waals surface area contributed by atoms with E-state index >= 15 is 0 Å². The lowest BCUT2D eigenvalue weighted by Crippen LogP contribution is -2.22. The number of aromatic nitrogens is 8. The second-order valence-corrected chi connectivity index (χ2v) is 43.5. The molecule has 16 bridgehead atoms. The van der Waals surface area contributed by atoms with E-state index in [1.807, 2.05) is 0 Å². The summed E-state index contributed by atoms with van der Waals surface area (Å²) in [6.07, 6.45) is 0. The van der Waals surface area contributed by atoms with Gasteiger partial charge in [0, 0.05) is 133 Å². The second kappa shape index (κ2) is 30.8. The number of benzene rings is 7. The van der Waals surface area contributed by atoms with Crippen molar-refractivity contribution in [1.82, 2.24) is 39.9 Å². The lowest BCUT2D eigenvalue weighted by atomic mass is 9.78. The van der Waals surface area contributed by atoms with Gasteiger partial charge in [0.05, 0.1) is 5.69 Å². The monoisotopic (exact) mass is 1660 g/mol. The molecule has 17 rings (SSSR count). The van der Waals surface area contributed by atoms with E-state index in [2.05, 4.69) is 442 Å². The quantitative estimate of drug-likeness (QED) is 0.0738. The average Bonchev–Trinajstić information content (AvgIpc) is 1.58. The molecule has 642 valence electrons.